The summed E-state index contributed by atoms with van der Waals surface area (Å²) in [6, 6.07) is 45.9. The molecule has 1 spiro atoms. The molecular formula is C45H33N3O. The molecule has 6 aromatic carbocycles. The van der Waals surface area contributed by atoms with Crippen LogP contribution in [0, 0.1) is 0 Å². The van der Waals surface area contributed by atoms with Gasteiger partial charge in [0.25, 0.3) is 0 Å². The summed E-state index contributed by atoms with van der Waals surface area (Å²) in [6.45, 7) is 0. The zero-order valence-corrected chi connectivity index (χ0v) is 26.7. The predicted octanol–water partition coefficient (Wildman–Crippen LogP) is 11.7. The Balaban J connectivity index is 1.08. The monoisotopic (exact) mass is 635 g/mol. The van der Waals surface area contributed by atoms with E-state index in [4.69, 9.17) is 19.4 Å². The summed E-state index contributed by atoms with van der Waals surface area (Å²) in [4.78, 5) is 14.6. The average molecular weight is 636 g/mol. The third kappa shape index (κ3) is 4.55. The van der Waals surface area contributed by atoms with E-state index in [1.807, 2.05) is 121 Å². The Morgan fingerprint density at radius 2 is 0.959 bits per heavy atom. The second kappa shape index (κ2) is 11.1. The molecule has 2 aromatic heterocycles. The second-order valence-electron chi connectivity index (χ2n) is 12.8. The van der Waals surface area contributed by atoms with E-state index >= 15 is 0 Å². The largest absolute Gasteiger partial charge is 0.456 e. The molecule has 0 bridgehead atoms. The highest BCUT2D eigenvalue weighted by Gasteiger charge is 2.43. The van der Waals surface area contributed by atoms with Crippen molar-refractivity contribution in [2.75, 3.05) is 0 Å². The summed E-state index contributed by atoms with van der Waals surface area (Å²) >= 11 is 0. The molecule has 4 nitrogen and oxygen atoms in total. The first-order valence-corrected chi connectivity index (χ1v) is 16.8. The summed E-state index contributed by atoms with van der Waals surface area (Å²) < 4.78 is 43.8. The minimum absolute atomic E-state index is 0.309. The van der Waals surface area contributed by atoms with Crippen molar-refractivity contribution in [2.45, 2.75) is 37.4 Å². The molecule has 0 radical (unpaired) electrons. The topological polar surface area (TPSA) is 51.8 Å². The Labute approximate surface area is 290 Å². The van der Waals surface area contributed by atoms with E-state index < -0.39 is 18.2 Å². The van der Waals surface area contributed by atoms with Gasteiger partial charge in [0, 0.05) is 38.4 Å². The molecule has 2 heterocycles. The number of aromatic nitrogens is 3. The third-order valence-corrected chi connectivity index (χ3v) is 9.94. The summed E-state index contributed by atoms with van der Waals surface area (Å²) in [7, 11) is 0. The molecule has 2 aliphatic rings. The normalized spacial score (nSPS) is 18.0. The van der Waals surface area contributed by atoms with Crippen LogP contribution in [0.5, 0.6) is 0 Å². The van der Waals surface area contributed by atoms with Gasteiger partial charge in [-0.1, -0.05) is 128 Å². The van der Waals surface area contributed by atoms with Crippen LogP contribution in [-0.4, -0.2) is 15.0 Å². The molecule has 0 aliphatic heterocycles. The SMILES string of the molecule is [2H]C1([2H])CCCC([2H])([2H])C12c1ccccc1-c1ccc(-c3ccc4c(c3)oc3cc(-c5nc(-c6ccccc6)nc(-c6ccccc6)n5)ccc34)cc12. The first kappa shape index (κ1) is 24.3. The lowest BCUT2D eigenvalue weighted by Crippen LogP contribution is -2.28. The number of hydrogen-bond acceptors (Lipinski definition) is 4. The lowest BCUT2D eigenvalue weighted by atomic mass is 9.67. The van der Waals surface area contributed by atoms with Gasteiger partial charge in [-0.15, -0.1) is 0 Å². The molecule has 1 fully saturated rings. The van der Waals surface area contributed by atoms with Gasteiger partial charge < -0.3 is 4.42 Å². The van der Waals surface area contributed by atoms with Crippen molar-refractivity contribution in [3.05, 3.63) is 151 Å². The number of rotatable bonds is 4. The smallest absolute Gasteiger partial charge is 0.164 e. The van der Waals surface area contributed by atoms with E-state index in [-0.39, 0.29) is 0 Å². The van der Waals surface area contributed by atoms with Crippen LogP contribution in [0.4, 0.5) is 0 Å². The number of hydrogen-bond donors (Lipinski definition) is 0. The number of benzene rings is 6. The lowest BCUT2D eigenvalue weighted by Gasteiger charge is -2.36. The van der Waals surface area contributed by atoms with Crippen molar-refractivity contribution >= 4 is 21.9 Å². The van der Waals surface area contributed by atoms with Crippen LogP contribution in [0.15, 0.2) is 144 Å². The van der Waals surface area contributed by atoms with Crippen molar-refractivity contribution in [1.82, 2.24) is 15.0 Å². The molecule has 0 amide bonds. The zero-order valence-electron chi connectivity index (χ0n) is 30.7. The molecule has 1 saturated carbocycles. The van der Waals surface area contributed by atoms with Crippen molar-refractivity contribution in [3.8, 4) is 56.4 Å². The maximum absolute atomic E-state index is 9.32. The first-order valence-electron chi connectivity index (χ1n) is 18.8. The number of fused-ring (bicyclic) bond motifs is 8. The second-order valence-corrected chi connectivity index (χ2v) is 12.8. The van der Waals surface area contributed by atoms with Crippen molar-refractivity contribution in [3.63, 3.8) is 0 Å². The Bertz CT molecular complexity index is 2650. The summed E-state index contributed by atoms with van der Waals surface area (Å²) in [5.41, 5.74) is 7.75. The number of nitrogens with zero attached hydrogens (tertiary/aromatic N) is 3. The first-order chi connectivity index (χ1) is 25.7. The molecule has 10 rings (SSSR count). The van der Waals surface area contributed by atoms with E-state index in [0.717, 1.165) is 66.4 Å². The van der Waals surface area contributed by atoms with Crippen molar-refractivity contribution in [1.29, 1.82) is 0 Å². The minimum atomic E-state index is -1.77. The summed E-state index contributed by atoms with van der Waals surface area (Å²) in [5, 5.41) is 1.95. The fourth-order valence-electron chi connectivity index (χ4n) is 7.58. The fourth-order valence-corrected chi connectivity index (χ4v) is 7.58. The van der Waals surface area contributed by atoms with E-state index in [1.54, 1.807) is 0 Å². The Hall–Kier alpha value is -5.87. The molecular weight excluding hydrogens is 599 g/mol. The third-order valence-electron chi connectivity index (χ3n) is 9.94. The van der Waals surface area contributed by atoms with Gasteiger partial charge in [0.2, 0.25) is 0 Å². The maximum Gasteiger partial charge on any atom is 0.164 e. The molecule has 2 aliphatic carbocycles. The highest BCUT2D eigenvalue weighted by atomic mass is 16.3. The highest BCUT2D eigenvalue weighted by Crippen LogP contribution is 2.56. The molecule has 0 saturated heterocycles. The fraction of sp³-hybridized carbons (Fsp3) is 0.133. The van der Waals surface area contributed by atoms with E-state index in [0.29, 0.717) is 42.3 Å². The standard InChI is InChI=1S/C45H33N3O/c1-4-12-29(13-5-1)42-46-43(30-14-6-2-7-15-30)48-44(47-42)33-20-23-37-36-22-19-32(27-40(36)49-41(37)28-33)31-18-21-35-34-16-8-9-17-38(34)45(39(35)26-31)24-10-3-11-25-45/h1-2,4-9,12-23,26-28H,3,10-11,24-25H2/i24D2,25D2. The number of furan rings is 1. The van der Waals surface area contributed by atoms with Gasteiger partial charge in [0.1, 0.15) is 11.2 Å². The van der Waals surface area contributed by atoms with Gasteiger partial charge in [0.05, 0.1) is 0 Å². The van der Waals surface area contributed by atoms with Gasteiger partial charge in [-0.05, 0) is 76.5 Å². The average Bonchev–Trinajstić information content (AvgIpc) is 3.71. The molecule has 234 valence electrons. The molecule has 49 heavy (non-hydrogen) atoms. The summed E-state index contributed by atoms with van der Waals surface area (Å²) in [5.74, 6) is 1.74. The van der Waals surface area contributed by atoms with Crippen LogP contribution in [0.3, 0.4) is 0 Å². The Morgan fingerprint density at radius 1 is 0.449 bits per heavy atom. The Kier molecular flexibility index (Phi) is 5.50. The van der Waals surface area contributed by atoms with Crippen LogP contribution in [-0.2, 0) is 5.41 Å². The molecule has 4 heteroatoms. The quantitative estimate of drug-likeness (QED) is 0.193. The Morgan fingerprint density at radius 3 is 1.63 bits per heavy atom. The molecule has 0 N–H and O–H groups in total. The van der Waals surface area contributed by atoms with E-state index in [1.165, 1.54) is 0 Å². The van der Waals surface area contributed by atoms with Gasteiger partial charge >= 0.3 is 0 Å². The zero-order chi connectivity index (χ0) is 36.0. The summed E-state index contributed by atoms with van der Waals surface area (Å²) in [6.07, 6.45) is -2.40. The van der Waals surface area contributed by atoms with Gasteiger partial charge in [0.15, 0.2) is 17.5 Å². The van der Waals surface area contributed by atoms with Crippen LogP contribution < -0.4 is 0 Å². The van der Waals surface area contributed by atoms with E-state index in [9.17, 15) is 5.48 Å². The highest BCUT2D eigenvalue weighted by molar-refractivity contribution is 6.07. The molecule has 0 atom stereocenters. The van der Waals surface area contributed by atoms with Crippen LogP contribution in [0.25, 0.3) is 78.4 Å². The minimum Gasteiger partial charge on any atom is -0.456 e. The predicted molar refractivity (Wildman–Crippen MR) is 198 cm³/mol. The van der Waals surface area contributed by atoms with Crippen LogP contribution in [0.2, 0.25) is 0 Å². The van der Waals surface area contributed by atoms with Gasteiger partial charge in [-0.3, -0.25) is 0 Å². The van der Waals surface area contributed by atoms with Gasteiger partial charge in [-0.2, -0.15) is 0 Å². The van der Waals surface area contributed by atoms with Crippen LogP contribution >= 0.6 is 0 Å². The lowest BCUT2D eigenvalue weighted by molar-refractivity contribution is 0.353. The van der Waals surface area contributed by atoms with E-state index in [2.05, 4.69) is 18.2 Å². The van der Waals surface area contributed by atoms with Crippen molar-refractivity contribution < 1.29 is 9.90 Å². The maximum atomic E-state index is 9.32. The van der Waals surface area contributed by atoms with Crippen molar-refractivity contribution in [2.24, 2.45) is 0 Å². The van der Waals surface area contributed by atoms with Gasteiger partial charge in [-0.25, -0.2) is 15.0 Å². The molecule has 0 unspecified atom stereocenters. The molecule has 8 aromatic rings. The van der Waals surface area contributed by atoms with Crippen LogP contribution in [0.1, 0.15) is 48.6 Å².